The van der Waals surface area contributed by atoms with Gasteiger partial charge in [-0.15, -0.1) is 0 Å². The molecule has 1 aliphatic heterocycles. The second-order valence-electron chi connectivity index (χ2n) is 7.43. The molecule has 2 heterocycles. The highest BCUT2D eigenvalue weighted by Gasteiger charge is 2.22. The van der Waals surface area contributed by atoms with Gasteiger partial charge in [0.1, 0.15) is 11.7 Å². The SMILES string of the molecule is CC(CN1CCN(Cc2ccccc2)CC1)OC(=O)c1cc2ccccc2o1. The molecule has 0 spiro atoms. The molecule has 5 heteroatoms. The molecule has 1 unspecified atom stereocenters. The summed E-state index contributed by atoms with van der Waals surface area (Å²) in [5.41, 5.74) is 2.06. The zero-order valence-electron chi connectivity index (χ0n) is 16.2. The average molecular weight is 378 g/mol. The van der Waals surface area contributed by atoms with Crippen LogP contribution in [0.25, 0.3) is 11.0 Å². The first-order valence-corrected chi connectivity index (χ1v) is 9.85. The first kappa shape index (κ1) is 18.7. The fourth-order valence-electron chi connectivity index (χ4n) is 3.70. The molecule has 5 nitrogen and oxygen atoms in total. The van der Waals surface area contributed by atoms with Gasteiger partial charge in [-0.05, 0) is 24.6 Å². The molecular weight excluding hydrogens is 352 g/mol. The van der Waals surface area contributed by atoms with Gasteiger partial charge in [0.25, 0.3) is 0 Å². The summed E-state index contributed by atoms with van der Waals surface area (Å²) in [6.45, 7) is 7.70. The molecule has 0 N–H and O–H groups in total. The van der Waals surface area contributed by atoms with Gasteiger partial charge in [0.15, 0.2) is 0 Å². The molecule has 1 saturated heterocycles. The van der Waals surface area contributed by atoms with Crippen LogP contribution in [0.4, 0.5) is 0 Å². The standard InChI is InChI=1S/C23H26N2O3/c1-18(27-23(26)22-15-20-9-5-6-10-21(20)28-22)16-24-11-13-25(14-12-24)17-19-7-3-2-4-8-19/h2-10,15,18H,11-14,16-17H2,1H3. The molecule has 1 aromatic heterocycles. The highest BCUT2D eigenvalue weighted by molar-refractivity contribution is 5.92. The molecule has 28 heavy (non-hydrogen) atoms. The smallest absolute Gasteiger partial charge is 0.374 e. The maximum atomic E-state index is 12.4. The first-order valence-electron chi connectivity index (χ1n) is 9.85. The molecule has 0 saturated carbocycles. The highest BCUT2D eigenvalue weighted by Crippen LogP contribution is 2.20. The van der Waals surface area contributed by atoms with Gasteiger partial charge in [-0.3, -0.25) is 9.80 Å². The Labute approximate surface area is 165 Å². The number of benzene rings is 2. The topological polar surface area (TPSA) is 45.9 Å². The van der Waals surface area contributed by atoms with Crippen molar-refractivity contribution in [2.24, 2.45) is 0 Å². The van der Waals surface area contributed by atoms with Gasteiger partial charge in [-0.1, -0.05) is 48.5 Å². The van der Waals surface area contributed by atoms with Crippen LogP contribution in [-0.2, 0) is 11.3 Å². The van der Waals surface area contributed by atoms with Gasteiger partial charge < -0.3 is 9.15 Å². The van der Waals surface area contributed by atoms with Crippen LogP contribution in [-0.4, -0.2) is 54.6 Å². The number of carbonyl (C=O) groups is 1. The summed E-state index contributed by atoms with van der Waals surface area (Å²) in [6, 6.07) is 19.9. The second kappa shape index (κ2) is 8.59. The maximum Gasteiger partial charge on any atom is 0.374 e. The Hall–Kier alpha value is -2.63. The van der Waals surface area contributed by atoms with Crippen LogP contribution >= 0.6 is 0 Å². The average Bonchev–Trinajstić information content (AvgIpc) is 3.15. The molecule has 1 aliphatic rings. The molecule has 0 radical (unpaired) electrons. The lowest BCUT2D eigenvalue weighted by Gasteiger charge is -2.35. The third-order valence-electron chi connectivity index (χ3n) is 5.16. The highest BCUT2D eigenvalue weighted by atomic mass is 16.6. The van der Waals surface area contributed by atoms with E-state index in [0.29, 0.717) is 5.58 Å². The van der Waals surface area contributed by atoms with Gasteiger partial charge in [0, 0.05) is 44.7 Å². The number of hydrogen-bond donors (Lipinski definition) is 0. The van der Waals surface area contributed by atoms with Crippen molar-refractivity contribution < 1.29 is 13.9 Å². The first-order chi connectivity index (χ1) is 13.7. The molecular formula is C23H26N2O3. The predicted molar refractivity (Wildman–Crippen MR) is 109 cm³/mol. The zero-order chi connectivity index (χ0) is 19.3. The van der Waals surface area contributed by atoms with E-state index in [0.717, 1.165) is 44.7 Å². The van der Waals surface area contributed by atoms with E-state index in [1.165, 1.54) is 5.56 Å². The zero-order valence-corrected chi connectivity index (χ0v) is 16.2. The molecule has 3 aromatic rings. The fraction of sp³-hybridized carbons (Fsp3) is 0.348. The van der Waals surface area contributed by atoms with Gasteiger partial charge in [-0.2, -0.15) is 0 Å². The Bertz CT molecular complexity index is 881. The molecule has 0 aliphatic carbocycles. The summed E-state index contributed by atoms with van der Waals surface area (Å²) in [6.07, 6.45) is -0.179. The van der Waals surface area contributed by atoms with Crippen LogP contribution in [0.1, 0.15) is 23.0 Å². The van der Waals surface area contributed by atoms with Crippen molar-refractivity contribution in [1.29, 1.82) is 0 Å². The number of nitrogens with zero attached hydrogens (tertiary/aromatic N) is 2. The molecule has 1 fully saturated rings. The number of piperazine rings is 1. The van der Waals surface area contributed by atoms with Gasteiger partial charge in [0.05, 0.1) is 0 Å². The number of rotatable bonds is 6. The van der Waals surface area contributed by atoms with Crippen molar-refractivity contribution in [2.45, 2.75) is 19.6 Å². The van der Waals surface area contributed by atoms with Crippen LogP contribution in [0.5, 0.6) is 0 Å². The van der Waals surface area contributed by atoms with Crippen LogP contribution in [0.15, 0.2) is 65.1 Å². The number of para-hydroxylation sites is 1. The molecule has 2 aromatic carbocycles. The van der Waals surface area contributed by atoms with Crippen molar-refractivity contribution >= 4 is 16.9 Å². The van der Waals surface area contributed by atoms with Crippen LogP contribution in [0, 0.1) is 0 Å². The lowest BCUT2D eigenvalue weighted by atomic mass is 10.2. The Morgan fingerprint density at radius 1 is 1.00 bits per heavy atom. The van der Waals surface area contributed by atoms with Crippen molar-refractivity contribution in [3.8, 4) is 0 Å². The monoisotopic (exact) mass is 378 g/mol. The van der Waals surface area contributed by atoms with Crippen molar-refractivity contribution in [1.82, 2.24) is 9.80 Å². The molecule has 146 valence electrons. The molecule has 1 atom stereocenters. The minimum Gasteiger partial charge on any atom is -0.455 e. The van der Waals surface area contributed by atoms with Gasteiger partial charge in [-0.25, -0.2) is 4.79 Å². The fourth-order valence-corrected chi connectivity index (χ4v) is 3.70. The summed E-state index contributed by atoms with van der Waals surface area (Å²) < 4.78 is 11.2. The number of esters is 1. The van der Waals surface area contributed by atoms with Crippen LogP contribution in [0.3, 0.4) is 0 Å². The number of hydrogen-bond acceptors (Lipinski definition) is 5. The van der Waals surface area contributed by atoms with E-state index in [-0.39, 0.29) is 11.9 Å². The summed E-state index contributed by atoms with van der Waals surface area (Å²) in [5, 5.41) is 0.914. The summed E-state index contributed by atoms with van der Waals surface area (Å²) in [5.74, 6) is -0.132. The Morgan fingerprint density at radius 2 is 1.68 bits per heavy atom. The summed E-state index contributed by atoms with van der Waals surface area (Å²) in [4.78, 5) is 17.2. The van der Waals surface area contributed by atoms with Crippen molar-refractivity contribution in [3.63, 3.8) is 0 Å². The van der Waals surface area contributed by atoms with Crippen molar-refractivity contribution in [3.05, 3.63) is 72.0 Å². The predicted octanol–water partition coefficient (Wildman–Crippen LogP) is 3.80. The lowest BCUT2D eigenvalue weighted by molar-refractivity contribution is 0.0163. The lowest BCUT2D eigenvalue weighted by Crippen LogP contribution is -2.48. The van der Waals surface area contributed by atoms with E-state index >= 15 is 0 Å². The van der Waals surface area contributed by atoms with Crippen molar-refractivity contribution in [2.75, 3.05) is 32.7 Å². The van der Waals surface area contributed by atoms with E-state index in [1.807, 2.05) is 31.2 Å². The third-order valence-corrected chi connectivity index (χ3v) is 5.16. The van der Waals surface area contributed by atoms with E-state index < -0.39 is 5.97 Å². The largest absolute Gasteiger partial charge is 0.455 e. The minimum absolute atomic E-state index is 0.179. The Morgan fingerprint density at radius 3 is 2.43 bits per heavy atom. The Kier molecular flexibility index (Phi) is 5.74. The van der Waals surface area contributed by atoms with Crippen LogP contribution < -0.4 is 0 Å². The number of carbonyl (C=O) groups excluding carboxylic acids is 1. The van der Waals surface area contributed by atoms with E-state index in [2.05, 4.69) is 40.1 Å². The van der Waals surface area contributed by atoms with E-state index in [9.17, 15) is 4.79 Å². The maximum absolute atomic E-state index is 12.4. The third kappa shape index (κ3) is 4.61. The van der Waals surface area contributed by atoms with Gasteiger partial charge in [0.2, 0.25) is 5.76 Å². The normalized spacial score (nSPS) is 16.9. The number of furan rings is 1. The molecule has 0 bridgehead atoms. The van der Waals surface area contributed by atoms with E-state index in [4.69, 9.17) is 9.15 Å². The number of fused-ring (bicyclic) bond motifs is 1. The minimum atomic E-state index is -0.397. The van der Waals surface area contributed by atoms with Gasteiger partial charge >= 0.3 is 5.97 Å². The number of ether oxygens (including phenoxy) is 1. The molecule has 0 amide bonds. The summed E-state index contributed by atoms with van der Waals surface area (Å²) in [7, 11) is 0. The quantitative estimate of drug-likeness (QED) is 0.611. The summed E-state index contributed by atoms with van der Waals surface area (Å²) >= 11 is 0. The van der Waals surface area contributed by atoms with Crippen LogP contribution in [0.2, 0.25) is 0 Å². The molecule has 4 rings (SSSR count). The second-order valence-corrected chi connectivity index (χ2v) is 7.43. The Balaban J connectivity index is 1.24. The van der Waals surface area contributed by atoms with E-state index in [1.54, 1.807) is 6.07 Å².